The van der Waals surface area contributed by atoms with Crippen molar-refractivity contribution in [2.45, 2.75) is 11.6 Å². The van der Waals surface area contributed by atoms with E-state index < -0.39 is 27.6 Å². The van der Waals surface area contributed by atoms with Crippen molar-refractivity contribution in [1.29, 1.82) is 0 Å². The number of sulfonamides is 1. The number of carbonyl (C=O) groups is 1. The highest BCUT2D eigenvalue weighted by molar-refractivity contribution is 7.89. The summed E-state index contributed by atoms with van der Waals surface area (Å²) in [5, 5.41) is 7.53. The monoisotopic (exact) mass is 401 g/mol. The highest BCUT2D eigenvalue weighted by Gasteiger charge is 2.29. The molecule has 1 aliphatic heterocycles. The molecule has 0 aliphatic carbocycles. The highest BCUT2D eigenvalue weighted by atomic mass is 32.2. The molecule has 2 heterocycles. The van der Waals surface area contributed by atoms with Crippen LogP contribution < -0.4 is 0 Å². The summed E-state index contributed by atoms with van der Waals surface area (Å²) in [5.74, 6) is -2.90. The summed E-state index contributed by atoms with van der Waals surface area (Å²) in [6.07, 6.45) is 1.44. The van der Waals surface area contributed by atoms with Gasteiger partial charge in [-0.1, -0.05) is 5.21 Å². The van der Waals surface area contributed by atoms with Gasteiger partial charge in [-0.25, -0.2) is 26.7 Å². The number of nitrogens with zero attached hydrogens (tertiary/aromatic N) is 5. The van der Waals surface area contributed by atoms with Gasteiger partial charge in [-0.05, 0) is 18.2 Å². The minimum atomic E-state index is -3.90. The fraction of sp³-hybridized carbons (Fsp3) is 0.400. The van der Waals surface area contributed by atoms with E-state index in [1.54, 1.807) is 0 Å². The van der Waals surface area contributed by atoms with Gasteiger partial charge in [0.05, 0.1) is 24.9 Å². The quantitative estimate of drug-likeness (QED) is 0.665. The van der Waals surface area contributed by atoms with E-state index in [2.05, 4.69) is 15.0 Å². The van der Waals surface area contributed by atoms with E-state index in [9.17, 15) is 22.0 Å². The van der Waals surface area contributed by atoms with E-state index in [0.29, 0.717) is 25.8 Å². The van der Waals surface area contributed by atoms with Crippen molar-refractivity contribution >= 4 is 16.0 Å². The Morgan fingerprint density at radius 1 is 1.19 bits per heavy atom. The summed E-state index contributed by atoms with van der Waals surface area (Å²) in [5.41, 5.74) is 0.0806. The van der Waals surface area contributed by atoms with Crippen LogP contribution >= 0.6 is 0 Å². The first-order chi connectivity index (χ1) is 12.8. The molecule has 0 saturated carbocycles. The SMILES string of the molecule is COC(=O)c1cn(CN2CCN(S(=O)(=O)c3ccc(F)c(F)c3)CC2)nn1. The Morgan fingerprint density at radius 3 is 2.52 bits per heavy atom. The number of carbonyl (C=O) groups excluding carboxylic acids is 1. The van der Waals surface area contributed by atoms with E-state index in [1.165, 1.54) is 22.3 Å². The molecule has 2 aromatic rings. The van der Waals surface area contributed by atoms with Gasteiger partial charge in [-0.15, -0.1) is 5.10 Å². The van der Waals surface area contributed by atoms with Crippen LogP contribution in [-0.4, -0.2) is 71.9 Å². The second-order valence-electron chi connectivity index (χ2n) is 5.87. The van der Waals surface area contributed by atoms with Gasteiger partial charge >= 0.3 is 5.97 Å². The lowest BCUT2D eigenvalue weighted by atomic mass is 10.3. The van der Waals surface area contributed by atoms with Crippen molar-refractivity contribution in [3.63, 3.8) is 0 Å². The maximum atomic E-state index is 13.4. The van der Waals surface area contributed by atoms with Gasteiger partial charge in [-0.2, -0.15) is 4.31 Å². The lowest BCUT2D eigenvalue weighted by Crippen LogP contribution is -2.48. The molecule has 1 aliphatic rings. The molecule has 1 saturated heterocycles. The van der Waals surface area contributed by atoms with Gasteiger partial charge < -0.3 is 4.74 Å². The maximum absolute atomic E-state index is 13.4. The molecule has 12 heteroatoms. The van der Waals surface area contributed by atoms with Crippen LogP contribution in [0.2, 0.25) is 0 Å². The van der Waals surface area contributed by atoms with E-state index in [4.69, 9.17) is 0 Å². The molecule has 9 nitrogen and oxygen atoms in total. The van der Waals surface area contributed by atoms with E-state index in [0.717, 1.165) is 12.1 Å². The van der Waals surface area contributed by atoms with Crippen molar-refractivity contribution in [1.82, 2.24) is 24.2 Å². The molecule has 1 aromatic carbocycles. The molecule has 3 rings (SSSR count). The van der Waals surface area contributed by atoms with E-state index in [-0.39, 0.29) is 23.7 Å². The Balaban J connectivity index is 1.62. The first-order valence-corrected chi connectivity index (χ1v) is 9.41. The smallest absolute Gasteiger partial charge is 0.360 e. The van der Waals surface area contributed by atoms with Crippen LogP contribution in [0.15, 0.2) is 29.3 Å². The summed E-state index contributed by atoms with van der Waals surface area (Å²) in [6.45, 7) is 1.48. The van der Waals surface area contributed by atoms with Crippen LogP contribution in [0, 0.1) is 11.6 Å². The van der Waals surface area contributed by atoms with Crippen LogP contribution in [0.25, 0.3) is 0 Å². The van der Waals surface area contributed by atoms with Crippen molar-refractivity contribution in [2.75, 3.05) is 33.3 Å². The molecule has 1 fully saturated rings. The molecule has 146 valence electrons. The molecule has 0 radical (unpaired) electrons. The Bertz CT molecular complexity index is 941. The van der Waals surface area contributed by atoms with Crippen LogP contribution in [0.5, 0.6) is 0 Å². The summed E-state index contributed by atoms with van der Waals surface area (Å²) >= 11 is 0. The molecule has 1 aromatic heterocycles. The first-order valence-electron chi connectivity index (χ1n) is 7.97. The van der Waals surface area contributed by atoms with Crippen LogP contribution in [-0.2, 0) is 21.4 Å². The number of esters is 1. The maximum Gasteiger partial charge on any atom is 0.360 e. The standard InChI is InChI=1S/C15H17F2N5O4S/c1-26-15(23)14-9-21(19-18-14)10-20-4-6-22(7-5-20)27(24,25)11-2-3-12(16)13(17)8-11/h2-3,8-9H,4-7,10H2,1H3. The minimum absolute atomic E-state index is 0.0806. The van der Waals surface area contributed by atoms with E-state index >= 15 is 0 Å². The number of halogens is 2. The third-order valence-corrected chi connectivity index (χ3v) is 6.03. The third kappa shape index (κ3) is 4.12. The molecule has 0 bridgehead atoms. The molecular formula is C15H17F2N5O4S. The van der Waals surface area contributed by atoms with Gasteiger partial charge in [0.25, 0.3) is 0 Å². The number of aromatic nitrogens is 3. The zero-order valence-electron chi connectivity index (χ0n) is 14.4. The lowest BCUT2D eigenvalue weighted by molar-refractivity contribution is 0.0593. The summed E-state index contributed by atoms with van der Waals surface area (Å²) in [6, 6.07) is 2.52. The van der Waals surface area contributed by atoms with Crippen molar-refractivity contribution in [3.05, 3.63) is 41.7 Å². The lowest BCUT2D eigenvalue weighted by Gasteiger charge is -2.33. The average molecular weight is 401 g/mol. The zero-order chi connectivity index (χ0) is 19.6. The fourth-order valence-corrected chi connectivity index (χ4v) is 4.10. The summed E-state index contributed by atoms with van der Waals surface area (Å²) < 4.78 is 58.7. The number of hydrogen-bond donors (Lipinski definition) is 0. The van der Waals surface area contributed by atoms with Gasteiger partial charge in [0, 0.05) is 26.2 Å². The Morgan fingerprint density at radius 2 is 1.89 bits per heavy atom. The largest absolute Gasteiger partial charge is 0.464 e. The summed E-state index contributed by atoms with van der Waals surface area (Å²) in [4.78, 5) is 13.0. The van der Waals surface area contributed by atoms with E-state index in [1.807, 2.05) is 4.90 Å². The van der Waals surface area contributed by atoms with Crippen LogP contribution in [0.4, 0.5) is 8.78 Å². The molecule has 0 N–H and O–H groups in total. The number of methoxy groups -OCH3 is 1. The summed E-state index contributed by atoms with van der Waals surface area (Å²) in [7, 11) is -2.66. The van der Waals surface area contributed by atoms with Gasteiger partial charge in [0.15, 0.2) is 17.3 Å². The number of benzene rings is 1. The molecule has 0 unspecified atom stereocenters. The molecule has 0 spiro atoms. The van der Waals surface area contributed by atoms with Gasteiger partial charge in [-0.3, -0.25) is 4.90 Å². The number of piperazine rings is 1. The highest BCUT2D eigenvalue weighted by Crippen LogP contribution is 2.20. The topological polar surface area (TPSA) is 97.6 Å². The van der Waals surface area contributed by atoms with Crippen LogP contribution in [0.3, 0.4) is 0 Å². The minimum Gasteiger partial charge on any atom is -0.464 e. The second-order valence-corrected chi connectivity index (χ2v) is 7.81. The Hall–Kier alpha value is -2.44. The van der Waals surface area contributed by atoms with Crippen molar-refractivity contribution < 1.29 is 26.7 Å². The van der Waals surface area contributed by atoms with Crippen molar-refractivity contribution in [3.8, 4) is 0 Å². The number of hydrogen-bond acceptors (Lipinski definition) is 7. The predicted molar refractivity (Wildman–Crippen MR) is 88.1 cm³/mol. The third-order valence-electron chi connectivity index (χ3n) is 4.14. The number of rotatable bonds is 5. The van der Waals surface area contributed by atoms with Gasteiger partial charge in [0.2, 0.25) is 10.0 Å². The van der Waals surface area contributed by atoms with Crippen LogP contribution in [0.1, 0.15) is 10.5 Å². The van der Waals surface area contributed by atoms with Crippen molar-refractivity contribution in [2.24, 2.45) is 0 Å². The predicted octanol–water partition coefficient (Wildman–Crippen LogP) is 0.307. The Kier molecular flexibility index (Phi) is 5.48. The first kappa shape index (κ1) is 19.3. The Labute approximate surface area is 154 Å². The van der Waals surface area contributed by atoms with Gasteiger partial charge in [0.1, 0.15) is 0 Å². The zero-order valence-corrected chi connectivity index (χ0v) is 15.2. The molecule has 0 atom stereocenters. The normalized spacial score (nSPS) is 16.4. The molecular weight excluding hydrogens is 384 g/mol. The molecule has 0 amide bonds. The second kappa shape index (κ2) is 7.66. The fourth-order valence-electron chi connectivity index (χ4n) is 2.67. The number of ether oxygens (including phenoxy) is 1. The average Bonchev–Trinajstić information content (AvgIpc) is 3.12. The molecule has 27 heavy (non-hydrogen) atoms.